The summed E-state index contributed by atoms with van der Waals surface area (Å²) >= 11 is 0. The minimum absolute atomic E-state index is 0.113. The molecule has 112 valence electrons. The molecule has 19 heavy (non-hydrogen) atoms. The normalized spacial score (nSPS) is 12.2. The Labute approximate surface area is 115 Å². The summed E-state index contributed by atoms with van der Waals surface area (Å²) in [6.45, 7) is 0. The first-order chi connectivity index (χ1) is 8.95. The van der Waals surface area contributed by atoms with Gasteiger partial charge >= 0.3 is 8.80 Å². The molecule has 0 atom stereocenters. The molecule has 0 heterocycles. The van der Waals surface area contributed by atoms with Gasteiger partial charge in [-0.15, -0.1) is 0 Å². The molecule has 0 bridgehead atoms. The Kier molecular flexibility index (Phi) is 8.98. The van der Waals surface area contributed by atoms with Crippen LogP contribution in [-0.2, 0) is 23.3 Å². The Hall–Kier alpha value is -0.643. The SMILES string of the molecule is CO[Si](CCCCCCS(=O)(=O)N=[N+]=[N-])(OC)OC. The fourth-order valence-electron chi connectivity index (χ4n) is 1.63. The Morgan fingerprint density at radius 2 is 1.58 bits per heavy atom. The van der Waals surface area contributed by atoms with Crippen LogP contribution in [0.4, 0.5) is 0 Å². The van der Waals surface area contributed by atoms with Gasteiger partial charge in [0.25, 0.3) is 0 Å². The van der Waals surface area contributed by atoms with Crippen LogP contribution in [0.3, 0.4) is 0 Å². The van der Waals surface area contributed by atoms with Crippen molar-refractivity contribution < 1.29 is 21.7 Å². The zero-order chi connectivity index (χ0) is 14.8. The summed E-state index contributed by atoms with van der Waals surface area (Å²) in [7, 11) is -1.45. The topological polar surface area (TPSA) is 111 Å². The van der Waals surface area contributed by atoms with Gasteiger partial charge in [0.1, 0.15) is 0 Å². The molecule has 0 aliphatic carbocycles. The Morgan fingerprint density at radius 1 is 1.05 bits per heavy atom. The summed E-state index contributed by atoms with van der Waals surface area (Å²) in [6, 6.07) is 0.694. The van der Waals surface area contributed by atoms with Crippen molar-refractivity contribution in [1.29, 1.82) is 0 Å². The van der Waals surface area contributed by atoms with E-state index in [9.17, 15) is 8.42 Å². The lowest BCUT2D eigenvalue weighted by Crippen LogP contribution is -2.42. The quantitative estimate of drug-likeness (QED) is 0.191. The van der Waals surface area contributed by atoms with Crippen molar-refractivity contribution in [3.63, 3.8) is 0 Å². The summed E-state index contributed by atoms with van der Waals surface area (Å²) < 4.78 is 40.7. The first-order valence-electron chi connectivity index (χ1n) is 5.90. The van der Waals surface area contributed by atoms with Crippen LogP contribution in [0.15, 0.2) is 4.52 Å². The molecule has 0 saturated heterocycles. The van der Waals surface area contributed by atoms with E-state index in [0.29, 0.717) is 12.5 Å². The van der Waals surface area contributed by atoms with Crippen molar-refractivity contribution in [3.8, 4) is 0 Å². The minimum atomic E-state index is -3.62. The van der Waals surface area contributed by atoms with Crippen molar-refractivity contribution in [1.82, 2.24) is 0 Å². The van der Waals surface area contributed by atoms with E-state index in [1.807, 2.05) is 0 Å². The van der Waals surface area contributed by atoms with Gasteiger partial charge in [0, 0.05) is 36.8 Å². The Balaban J connectivity index is 3.85. The second-order valence-electron chi connectivity index (χ2n) is 3.92. The molecule has 0 saturated carbocycles. The molecular formula is C9H21N3O5SSi. The molecule has 0 aliphatic heterocycles. The number of sulfonamides is 1. The molecule has 0 rings (SSSR count). The van der Waals surface area contributed by atoms with Crippen molar-refractivity contribution in [2.75, 3.05) is 27.1 Å². The summed E-state index contributed by atoms with van der Waals surface area (Å²) in [5, 5.41) is 0. The van der Waals surface area contributed by atoms with Crippen LogP contribution in [0.1, 0.15) is 25.7 Å². The highest BCUT2D eigenvalue weighted by atomic mass is 32.2. The molecule has 0 radical (unpaired) electrons. The van der Waals surface area contributed by atoms with Crippen LogP contribution in [-0.4, -0.2) is 44.3 Å². The fourth-order valence-corrected chi connectivity index (χ4v) is 4.19. The van der Waals surface area contributed by atoms with Crippen molar-refractivity contribution in [2.45, 2.75) is 31.7 Å². The molecule has 8 nitrogen and oxygen atoms in total. The van der Waals surface area contributed by atoms with Crippen LogP contribution in [0.2, 0.25) is 6.04 Å². The monoisotopic (exact) mass is 311 g/mol. The van der Waals surface area contributed by atoms with Crippen LogP contribution in [0, 0.1) is 0 Å². The number of rotatable bonds is 11. The smallest absolute Gasteiger partial charge is 0.377 e. The van der Waals surface area contributed by atoms with E-state index in [0.717, 1.165) is 19.3 Å². The highest BCUT2D eigenvalue weighted by molar-refractivity contribution is 7.89. The molecular weight excluding hydrogens is 290 g/mol. The zero-order valence-corrected chi connectivity index (χ0v) is 13.4. The van der Waals surface area contributed by atoms with Gasteiger partial charge in [-0.25, -0.2) is 8.42 Å². The van der Waals surface area contributed by atoms with Gasteiger partial charge in [-0.3, -0.25) is 0 Å². The van der Waals surface area contributed by atoms with Crippen LogP contribution >= 0.6 is 0 Å². The molecule has 0 unspecified atom stereocenters. The molecule has 0 aromatic heterocycles. The lowest BCUT2D eigenvalue weighted by Gasteiger charge is -2.24. The second kappa shape index (κ2) is 9.29. The van der Waals surface area contributed by atoms with Crippen molar-refractivity contribution in [2.24, 2.45) is 4.52 Å². The Morgan fingerprint density at radius 3 is 2.05 bits per heavy atom. The Bertz CT molecular complexity index is 384. The van der Waals surface area contributed by atoms with E-state index in [2.05, 4.69) is 9.43 Å². The first kappa shape index (κ1) is 18.4. The first-order valence-corrected chi connectivity index (χ1v) is 9.44. The number of azide groups is 1. The van der Waals surface area contributed by atoms with E-state index in [1.54, 1.807) is 21.3 Å². The third kappa shape index (κ3) is 7.50. The van der Waals surface area contributed by atoms with E-state index in [1.165, 1.54) is 0 Å². The molecule has 0 amide bonds. The van der Waals surface area contributed by atoms with Gasteiger partial charge in [-0.1, -0.05) is 12.8 Å². The molecule has 0 aromatic carbocycles. The average molecular weight is 311 g/mol. The third-order valence-corrected chi connectivity index (χ3v) is 6.69. The molecule has 0 aliphatic rings. The third-order valence-electron chi connectivity index (χ3n) is 2.73. The van der Waals surface area contributed by atoms with Gasteiger partial charge in [0.2, 0.25) is 10.0 Å². The largest absolute Gasteiger partial charge is 0.500 e. The second-order valence-corrected chi connectivity index (χ2v) is 8.74. The highest BCUT2D eigenvalue weighted by Crippen LogP contribution is 2.17. The van der Waals surface area contributed by atoms with E-state index >= 15 is 0 Å². The molecule has 0 fully saturated rings. The summed E-state index contributed by atoms with van der Waals surface area (Å²) in [4.78, 5) is 2.28. The van der Waals surface area contributed by atoms with Crippen LogP contribution < -0.4 is 0 Å². The summed E-state index contributed by atoms with van der Waals surface area (Å²) in [6.07, 6.45) is 2.89. The van der Waals surface area contributed by atoms with Crippen molar-refractivity contribution >= 4 is 18.8 Å². The maximum absolute atomic E-state index is 11.1. The molecule has 0 spiro atoms. The highest BCUT2D eigenvalue weighted by Gasteiger charge is 2.36. The zero-order valence-electron chi connectivity index (χ0n) is 11.5. The van der Waals surface area contributed by atoms with E-state index in [4.69, 9.17) is 18.8 Å². The van der Waals surface area contributed by atoms with Gasteiger partial charge in [-0.05, 0) is 18.4 Å². The standard InChI is InChI=1S/C9H21N3O5SSi/c1-15-19(16-2,17-3)9-7-5-4-6-8-18(13,14)12-11-10/h4-9H2,1-3H3. The summed E-state index contributed by atoms with van der Waals surface area (Å²) in [5.74, 6) is -0.113. The van der Waals surface area contributed by atoms with E-state index in [-0.39, 0.29) is 5.75 Å². The average Bonchev–Trinajstić information content (AvgIpc) is 2.39. The van der Waals surface area contributed by atoms with Gasteiger partial charge in [-0.2, -0.15) is 0 Å². The maximum Gasteiger partial charge on any atom is 0.500 e. The van der Waals surface area contributed by atoms with Gasteiger partial charge in [0.05, 0.1) is 5.75 Å². The molecule has 10 heteroatoms. The number of unbranched alkanes of at least 4 members (excludes halogenated alkanes) is 3. The fraction of sp³-hybridized carbons (Fsp3) is 1.00. The van der Waals surface area contributed by atoms with Crippen LogP contribution in [0.5, 0.6) is 0 Å². The lowest BCUT2D eigenvalue weighted by atomic mass is 10.2. The van der Waals surface area contributed by atoms with Gasteiger partial charge in [0.15, 0.2) is 0 Å². The maximum atomic E-state index is 11.1. The predicted molar refractivity (Wildman–Crippen MR) is 73.0 cm³/mol. The number of hydrogen-bond acceptors (Lipinski definition) is 5. The molecule has 0 aromatic rings. The minimum Gasteiger partial charge on any atom is -0.377 e. The molecule has 0 N–H and O–H groups in total. The van der Waals surface area contributed by atoms with Crippen LogP contribution in [0.25, 0.3) is 10.4 Å². The van der Waals surface area contributed by atoms with Crippen molar-refractivity contribution in [3.05, 3.63) is 10.4 Å². The number of nitrogens with zero attached hydrogens (tertiary/aromatic N) is 3. The summed E-state index contributed by atoms with van der Waals surface area (Å²) in [5.41, 5.74) is 8.06. The predicted octanol–water partition coefficient (Wildman–Crippen LogP) is 2.06. The van der Waals surface area contributed by atoms with Gasteiger partial charge < -0.3 is 13.3 Å². The van der Waals surface area contributed by atoms with E-state index < -0.39 is 18.8 Å². The number of hydrogen-bond donors (Lipinski definition) is 0. The lowest BCUT2D eigenvalue weighted by molar-refractivity contribution is 0.122.